The second-order valence-electron chi connectivity index (χ2n) is 5.74. The third-order valence-electron chi connectivity index (χ3n) is 3.85. The lowest BCUT2D eigenvalue weighted by Crippen LogP contribution is -2.12. The normalized spacial score (nSPS) is 11.6. The van der Waals surface area contributed by atoms with Crippen LogP contribution in [0.25, 0.3) is 22.6 Å². The summed E-state index contributed by atoms with van der Waals surface area (Å²) in [6, 6.07) is 18.5. The first-order valence-corrected chi connectivity index (χ1v) is 10.5. The molecule has 5 nitrogen and oxygen atoms in total. The molecule has 0 saturated heterocycles. The highest BCUT2D eigenvalue weighted by Crippen LogP contribution is 2.33. The Balaban J connectivity index is 1.70. The molecule has 27 heavy (non-hydrogen) atoms. The maximum atomic E-state index is 12.5. The van der Waals surface area contributed by atoms with E-state index in [2.05, 4.69) is 25.6 Å². The quantitative estimate of drug-likeness (QED) is 0.421. The molecule has 3 aromatic carbocycles. The van der Waals surface area contributed by atoms with Gasteiger partial charge in [-0.2, -0.15) is 0 Å². The van der Waals surface area contributed by atoms with E-state index < -0.39 is 10.0 Å². The molecule has 136 valence electrons. The Morgan fingerprint density at radius 3 is 2.56 bits per heavy atom. The van der Waals surface area contributed by atoms with Crippen LogP contribution in [0.2, 0.25) is 5.02 Å². The molecule has 8 heteroatoms. The van der Waals surface area contributed by atoms with E-state index in [-0.39, 0.29) is 4.90 Å². The number of rotatable bonds is 4. The Hall–Kier alpha value is -2.35. The minimum atomic E-state index is -3.68. The number of nitrogens with one attached hydrogen (secondary N) is 1. The first-order chi connectivity index (χ1) is 12.9. The molecule has 0 aliphatic carbocycles. The maximum absolute atomic E-state index is 12.5. The van der Waals surface area contributed by atoms with E-state index in [1.165, 1.54) is 12.1 Å². The minimum absolute atomic E-state index is 0.187. The van der Waals surface area contributed by atoms with Gasteiger partial charge in [0.25, 0.3) is 10.0 Å². The molecule has 0 amide bonds. The van der Waals surface area contributed by atoms with Gasteiger partial charge in [0.2, 0.25) is 5.89 Å². The lowest BCUT2D eigenvalue weighted by Gasteiger charge is -2.07. The largest absolute Gasteiger partial charge is 0.436 e. The third kappa shape index (κ3) is 3.71. The van der Waals surface area contributed by atoms with E-state index in [4.69, 9.17) is 16.0 Å². The first kappa shape index (κ1) is 18.0. The fourth-order valence-corrected chi connectivity index (χ4v) is 4.21. The van der Waals surface area contributed by atoms with Gasteiger partial charge in [-0.05, 0) is 48.5 Å². The van der Waals surface area contributed by atoms with Gasteiger partial charge in [0, 0.05) is 4.47 Å². The summed E-state index contributed by atoms with van der Waals surface area (Å²) in [4.78, 5) is 4.63. The van der Waals surface area contributed by atoms with Gasteiger partial charge in [-0.25, -0.2) is 13.4 Å². The molecule has 0 aliphatic heterocycles. The molecular formula is C19H12BrClN2O3S. The highest BCUT2D eigenvalue weighted by molar-refractivity contribution is 9.10. The van der Waals surface area contributed by atoms with Crippen molar-refractivity contribution in [2.24, 2.45) is 0 Å². The van der Waals surface area contributed by atoms with Gasteiger partial charge in [-0.15, -0.1) is 0 Å². The first-order valence-electron chi connectivity index (χ1n) is 7.86. The van der Waals surface area contributed by atoms with Crippen molar-refractivity contribution in [1.29, 1.82) is 0 Å². The molecule has 4 rings (SSSR count). The van der Waals surface area contributed by atoms with E-state index in [0.717, 1.165) is 4.47 Å². The number of fused-ring (bicyclic) bond motifs is 1. The van der Waals surface area contributed by atoms with Crippen LogP contribution in [0.4, 0.5) is 5.69 Å². The minimum Gasteiger partial charge on any atom is -0.436 e. The Morgan fingerprint density at radius 1 is 1.00 bits per heavy atom. The molecule has 0 spiro atoms. The molecule has 1 N–H and O–H groups in total. The summed E-state index contributed by atoms with van der Waals surface area (Å²) in [7, 11) is -3.68. The molecule has 0 fully saturated rings. The van der Waals surface area contributed by atoms with Crippen LogP contribution in [-0.4, -0.2) is 13.4 Å². The van der Waals surface area contributed by atoms with E-state index >= 15 is 0 Å². The number of halogens is 2. The Bertz CT molecular complexity index is 1240. The highest BCUT2D eigenvalue weighted by Gasteiger charge is 2.16. The van der Waals surface area contributed by atoms with Gasteiger partial charge in [-0.3, -0.25) is 4.72 Å². The predicted molar refractivity (Wildman–Crippen MR) is 109 cm³/mol. The molecule has 0 unspecified atom stereocenters. The fourth-order valence-electron chi connectivity index (χ4n) is 2.58. The highest BCUT2D eigenvalue weighted by atomic mass is 79.9. The Labute approximate surface area is 169 Å². The van der Waals surface area contributed by atoms with Crippen molar-refractivity contribution in [3.05, 3.63) is 76.2 Å². The van der Waals surface area contributed by atoms with Crippen LogP contribution in [0, 0.1) is 0 Å². The van der Waals surface area contributed by atoms with Crippen LogP contribution in [0.1, 0.15) is 0 Å². The number of oxazole rings is 1. The maximum Gasteiger partial charge on any atom is 0.261 e. The molecule has 0 saturated carbocycles. The van der Waals surface area contributed by atoms with Gasteiger partial charge in [0.1, 0.15) is 5.52 Å². The van der Waals surface area contributed by atoms with Crippen LogP contribution >= 0.6 is 27.5 Å². The smallest absolute Gasteiger partial charge is 0.261 e. The summed E-state index contributed by atoms with van der Waals surface area (Å²) >= 11 is 9.63. The molecule has 0 atom stereocenters. The molecule has 0 radical (unpaired) electrons. The van der Waals surface area contributed by atoms with Gasteiger partial charge in [-0.1, -0.05) is 45.7 Å². The predicted octanol–water partition coefficient (Wildman–Crippen LogP) is 5.71. The SMILES string of the molecule is O=S(=O)(Nc1ccc2oc(-c3cc(Br)ccc3Cl)nc2c1)c1ccccc1. The lowest BCUT2D eigenvalue weighted by atomic mass is 10.2. The summed E-state index contributed by atoms with van der Waals surface area (Å²) in [5.74, 6) is 0.361. The third-order valence-corrected chi connectivity index (χ3v) is 6.07. The van der Waals surface area contributed by atoms with E-state index in [1.807, 2.05) is 12.1 Å². The van der Waals surface area contributed by atoms with Crippen LogP contribution in [0.5, 0.6) is 0 Å². The summed E-state index contributed by atoms with van der Waals surface area (Å²) in [6.45, 7) is 0. The standard InChI is InChI=1S/C19H12BrClN2O3S/c20-12-6-8-16(21)15(10-12)19-22-17-11-13(7-9-18(17)26-19)23-27(24,25)14-4-2-1-3-5-14/h1-11,23H. The van der Waals surface area contributed by atoms with Crippen LogP contribution < -0.4 is 4.72 Å². The Morgan fingerprint density at radius 2 is 1.78 bits per heavy atom. The zero-order valence-corrected chi connectivity index (χ0v) is 16.8. The average molecular weight is 464 g/mol. The van der Waals surface area contributed by atoms with E-state index in [0.29, 0.717) is 33.3 Å². The average Bonchev–Trinajstić information content (AvgIpc) is 3.07. The van der Waals surface area contributed by atoms with Gasteiger partial charge in [0.15, 0.2) is 5.58 Å². The van der Waals surface area contributed by atoms with Crippen molar-refractivity contribution >= 4 is 54.3 Å². The number of hydrogen-bond donors (Lipinski definition) is 1. The van der Waals surface area contributed by atoms with Gasteiger partial charge < -0.3 is 4.42 Å². The van der Waals surface area contributed by atoms with Crippen molar-refractivity contribution in [2.45, 2.75) is 4.90 Å². The summed E-state index contributed by atoms with van der Waals surface area (Å²) in [6.07, 6.45) is 0. The topological polar surface area (TPSA) is 72.2 Å². The van der Waals surface area contributed by atoms with Crippen molar-refractivity contribution < 1.29 is 12.8 Å². The zero-order valence-electron chi connectivity index (χ0n) is 13.7. The summed E-state index contributed by atoms with van der Waals surface area (Å²) < 4.78 is 34.1. The lowest BCUT2D eigenvalue weighted by molar-refractivity contribution is 0.601. The van der Waals surface area contributed by atoms with Gasteiger partial charge >= 0.3 is 0 Å². The van der Waals surface area contributed by atoms with Crippen LogP contribution in [0.15, 0.2) is 80.5 Å². The van der Waals surface area contributed by atoms with Crippen molar-refractivity contribution in [3.8, 4) is 11.5 Å². The second kappa shape index (κ2) is 6.99. The Kier molecular flexibility index (Phi) is 4.67. The van der Waals surface area contributed by atoms with E-state index in [1.54, 1.807) is 42.5 Å². The molecule has 0 aliphatic rings. The van der Waals surface area contributed by atoms with Crippen molar-refractivity contribution in [1.82, 2.24) is 4.98 Å². The van der Waals surface area contributed by atoms with E-state index in [9.17, 15) is 8.42 Å². The van der Waals surface area contributed by atoms with Gasteiger partial charge in [0.05, 0.1) is 21.2 Å². The zero-order chi connectivity index (χ0) is 19.0. The summed E-state index contributed by atoms with van der Waals surface area (Å²) in [5, 5.41) is 0.509. The molecule has 4 aromatic rings. The number of aromatic nitrogens is 1. The summed E-state index contributed by atoms with van der Waals surface area (Å²) in [5.41, 5.74) is 2.10. The monoisotopic (exact) mass is 462 g/mol. The van der Waals surface area contributed by atoms with Crippen molar-refractivity contribution in [3.63, 3.8) is 0 Å². The second-order valence-corrected chi connectivity index (χ2v) is 8.75. The van der Waals surface area contributed by atoms with Crippen LogP contribution in [0.3, 0.4) is 0 Å². The molecule has 1 aromatic heterocycles. The number of benzene rings is 3. The number of nitrogens with zero attached hydrogens (tertiary/aromatic N) is 1. The number of hydrogen-bond acceptors (Lipinski definition) is 4. The number of sulfonamides is 1. The number of anilines is 1. The fraction of sp³-hybridized carbons (Fsp3) is 0. The van der Waals surface area contributed by atoms with Crippen molar-refractivity contribution in [2.75, 3.05) is 4.72 Å². The molecule has 1 heterocycles. The molecule has 0 bridgehead atoms. The van der Waals surface area contributed by atoms with Crippen LogP contribution in [-0.2, 0) is 10.0 Å². The molecular weight excluding hydrogens is 452 g/mol.